The average Bonchev–Trinajstić information content (AvgIpc) is 3.30. The van der Waals surface area contributed by atoms with Crippen molar-refractivity contribution in [3.05, 3.63) is 65.7 Å². The Morgan fingerprint density at radius 2 is 1.64 bits per heavy atom. The maximum Gasteiger partial charge on any atom is 0.420 e. The second-order valence-corrected chi connectivity index (χ2v) is 9.09. The summed E-state index contributed by atoms with van der Waals surface area (Å²) in [5, 5.41) is 10.3. The molecule has 2 aromatic carbocycles. The number of carbonyl (C=O) groups is 4. The van der Waals surface area contributed by atoms with Gasteiger partial charge in [0.1, 0.15) is 11.9 Å². The number of hydrogen-bond donors (Lipinski definition) is 2. The summed E-state index contributed by atoms with van der Waals surface area (Å²) in [5.74, 6) is -1.30. The van der Waals surface area contributed by atoms with Crippen LogP contribution in [0.3, 0.4) is 0 Å². The van der Waals surface area contributed by atoms with Gasteiger partial charge < -0.3 is 14.2 Å². The molecular formula is C27H31N5O7. The molecule has 0 aromatic heterocycles. The smallest absolute Gasteiger partial charge is 0.420 e. The number of alkyl carbamates (subject to hydrolysis) is 1. The fourth-order valence-electron chi connectivity index (χ4n) is 4.36. The van der Waals surface area contributed by atoms with Gasteiger partial charge in [-0.15, -0.1) is 0 Å². The van der Waals surface area contributed by atoms with Crippen molar-refractivity contribution in [1.82, 2.24) is 15.1 Å². The number of esters is 2. The zero-order valence-electron chi connectivity index (χ0n) is 21.6. The molecule has 2 fully saturated rings. The third kappa shape index (κ3) is 7.62. The lowest BCUT2D eigenvalue weighted by Crippen LogP contribution is -2.50. The van der Waals surface area contributed by atoms with E-state index in [0.717, 1.165) is 26.2 Å². The zero-order chi connectivity index (χ0) is 27.8. The van der Waals surface area contributed by atoms with E-state index >= 15 is 0 Å². The summed E-state index contributed by atoms with van der Waals surface area (Å²) in [6.45, 7) is 6.40. The van der Waals surface area contributed by atoms with Gasteiger partial charge in [-0.2, -0.15) is 0 Å². The predicted octanol–water partition coefficient (Wildman–Crippen LogP) is 2.08. The van der Waals surface area contributed by atoms with Gasteiger partial charge in [0.2, 0.25) is 0 Å². The maximum absolute atomic E-state index is 12.5. The number of nitrogens with one attached hydrogen (secondary N) is 2. The number of hydrogen-bond acceptors (Lipinski definition) is 10. The van der Waals surface area contributed by atoms with E-state index in [1.165, 1.54) is 17.0 Å². The Morgan fingerprint density at radius 3 is 2.31 bits per heavy atom. The van der Waals surface area contributed by atoms with Gasteiger partial charge in [-0.25, -0.2) is 14.4 Å². The number of nitrogens with zero attached hydrogens (tertiary/aromatic N) is 3. The number of benzene rings is 2. The van der Waals surface area contributed by atoms with Gasteiger partial charge in [0.15, 0.2) is 0 Å². The topological polar surface area (TPSA) is 142 Å². The SMILES string of the molecule is CCOC(=O)CN1CCN(CC2CN(c3ccc(C(=N)NC(=O)OC(=O)c4ccccc4)cc3)C(=O)O2)CC1. The lowest BCUT2D eigenvalue weighted by atomic mass is 10.1. The number of piperazine rings is 1. The molecular weight excluding hydrogens is 506 g/mol. The summed E-state index contributed by atoms with van der Waals surface area (Å²) in [6, 6.07) is 14.5. The number of ether oxygens (including phenoxy) is 3. The van der Waals surface area contributed by atoms with Gasteiger partial charge in [-0.05, 0) is 43.3 Å². The van der Waals surface area contributed by atoms with Crippen LogP contribution in [0.4, 0.5) is 15.3 Å². The molecule has 2 aromatic rings. The Bertz CT molecular complexity index is 1200. The highest BCUT2D eigenvalue weighted by Crippen LogP contribution is 2.23. The number of cyclic esters (lactones) is 1. The predicted molar refractivity (Wildman–Crippen MR) is 141 cm³/mol. The molecule has 4 rings (SSSR count). The molecule has 12 heteroatoms. The number of carbonyl (C=O) groups excluding carboxylic acids is 4. The molecule has 2 amide bonds. The normalized spacial score (nSPS) is 17.8. The average molecular weight is 538 g/mol. The van der Waals surface area contributed by atoms with E-state index < -0.39 is 18.2 Å². The van der Waals surface area contributed by atoms with E-state index in [-0.39, 0.29) is 30.0 Å². The summed E-state index contributed by atoms with van der Waals surface area (Å²) in [7, 11) is 0. The minimum atomic E-state index is -1.06. The van der Waals surface area contributed by atoms with E-state index in [1.807, 2.05) is 0 Å². The van der Waals surface area contributed by atoms with E-state index in [9.17, 15) is 19.2 Å². The lowest BCUT2D eigenvalue weighted by molar-refractivity contribution is -0.144. The first-order chi connectivity index (χ1) is 18.8. The highest BCUT2D eigenvalue weighted by atomic mass is 16.6. The Morgan fingerprint density at radius 1 is 0.974 bits per heavy atom. The minimum Gasteiger partial charge on any atom is -0.465 e. The Hall–Kier alpha value is -4.29. The second kappa shape index (κ2) is 13.0. The van der Waals surface area contributed by atoms with Crippen LogP contribution in [-0.4, -0.2) is 98.3 Å². The molecule has 1 atom stereocenters. The van der Waals surface area contributed by atoms with Gasteiger partial charge in [0, 0.05) is 44.0 Å². The van der Waals surface area contributed by atoms with Gasteiger partial charge in [0.25, 0.3) is 0 Å². The largest absolute Gasteiger partial charge is 0.465 e. The third-order valence-corrected chi connectivity index (χ3v) is 6.35. The molecule has 0 bridgehead atoms. The maximum atomic E-state index is 12.5. The van der Waals surface area contributed by atoms with Crippen LogP contribution in [-0.2, 0) is 19.0 Å². The summed E-state index contributed by atoms with van der Waals surface area (Å²) < 4.78 is 15.3. The second-order valence-electron chi connectivity index (χ2n) is 9.09. The molecule has 12 nitrogen and oxygen atoms in total. The van der Waals surface area contributed by atoms with E-state index in [2.05, 4.69) is 15.1 Å². The molecule has 2 aliphatic heterocycles. The summed E-state index contributed by atoms with van der Waals surface area (Å²) >= 11 is 0. The van der Waals surface area contributed by atoms with Crippen molar-refractivity contribution >= 4 is 35.6 Å². The summed E-state index contributed by atoms with van der Waals surface area (Å²) in [5.41, 5.74) is 1.18. The summed E-state index contributed by atoms with van der Waals surface area (Å²) in [4.78, 5) is 54.0. The van der Waals surface area contributed by atoms with Crippen LogP contribution in [0, 0.1) is 5.41 Å². The highest BCUT2D eigenvalue weighted by Gasteiger charge is 2.34. The monoisotopic (exact) mass is 537 g/mol. The first kappa shape index (κ1) is 27.7. The molecule has 2 saturated heterocycles. The van der Waals surface area contributed by atoms with Gasteiger partial charge in [-0.1, -0.05) is 18.2 Å². The van der Waals surface area contributed by atoms with E-state index in [0.29, 0.717) is 30.9 Å². The van der Waals surface area contributed by atoms with Crippen LogP contribution in [0.1, 0.15) is 22.8 Å². The van der Waals surface area contributed by atoms with Gasteiger partial charge in [-0.3, -0.25) is 30.2 Å². The number of anilines is 1. The van der Waals surface area contributed by atoms with Crippen LogP contribution < -0.4 is 10.2 Å². The Labute approximate surface area is 225 Å². The van der Waals surface area contributed by atoms with Crippen molar-refractivity contribution in [1.29, 1.82) is 5.41 Å². The van der Waals surface area contributed by atoms with Crippen molar-refractivity contribution < 1.29 is 33.4 Å². The number of amidine groups is 1. The molecule has 0 spiro atoms. The van der Waals surface area contributed by atoms with Crippen LogP contribution in [0.25, 0.3) is 0 Å². The van der Waals surface area contributed by atoms with Crippen molar-refractivity contribution in [3.8, 4) is 0 Å². The lowest BCUT2D eigenvalue weighted by Gasteiger charge is -2.34. The molecule has 0 aliphatic carbocycles. The zero-order valence-corrected chi connectivity index (χ0v) is 21.6. The molecule has 2 aliphatic rings. The van der Waals surface area contributed by atoms with E-state index in [4.69, 9.17) is 19.6 Å². The molecule has 39 heavy (non-hydrogen) atoms. The summed E-state index contributed by atoms with van der Waals surface area (Å²) in [6.07, 6.45) is -1.82. The first-order valence-corrected chi connectivity index (χ1v) is 12.7. The Kier molecular flexibility index (Phi) is 9.23. The molecule has 0 radical (unpaired) electrons. The van der Waals surface area contributed by atoms with Crippen LogP contribution in [0.15, 0.2) is 54.6 Å². The Balaban J connectivity index is 1.23. The quantitative estimate of drug-likeness (QED) is 0.170. The molecule has 1 unspecified atom stereocenters. The minimum absolute atomic E-state index is 0.218. The molecule has 0 saturated carbocycles. The van der Waals surface area contributed by atoms with Gasteiger partial charge in [0.05, 0.1) is 25.3 Å². The van der Waals surface area contributed by atoms with Crippen LogP contribution >= 0.6 is 0 Å². The van der Waals surface area contributed by atoms with E-state index in [1.54, 1.807) is 49.4 Å². The van der Waals surface area contributed by atoms with Crippen molar-refractivity contribution in [2.24, 2.45) is 0 Å². The van der Waals surface area contributed by atoms with Crippen molar-refractivity contribution in [2.45, 2.75) is 13.0 Å². The standard InChI is InChI=1S/C27H31N5O7/c1-2-37-23(33)18-31-14-12-30(13-15-31)16-22-17-32(27(36)38-22)21-10-8-19(9-11-21)24(28)29-26(35)39-25(34)20-6-4-3-5-7-20/h3-11,22H,2,12-18H2,1H3,(H2,28,29,35). The van der Waals surface area contributed by atoms with Crippen LogP contribution in [0.2, 0.25) is 0 Å². The molecule has 206 valence electrons. The van der Waals surface area contributed by atoms with Crippen molar-refractivity contribution in [2.75, 3.05) is 57.3 Å². The first-order valence-electron chi connectivity index (χ1n) is 12.7. The number of rotatable bonds is 8. The molecule has 2 N–H and O–H groups in total. The highest BCUT2D eigenvalue weighted by molar-refractivity contribution is 6.07. The fourth-order valence-corrected chi connectivity index (χ4v) is 4.36. The fraction of sp³-hybridized carbons (Fsp3) is 0.370. The van der Waals surface area contributed by atoms with Gasteiger partial charge >= 0.3 is 24.1 Å². The molecule has 2 heterocycles. The third-order valence-electron chi connectivity index (χ3n) is 6.35. The number of amides is 2. The van der Waals surface area contributed by atoms with Crippen LogP contribution in [0.5, 0.6) is 0 Å². The van der Waals surface area contributed by atoms with Crippen molar-refractivity contribution in [3.63, 3.8) is 0 Å².